The lowest BCUT2D eigenvalue weighted by atomic mass is 10.1. The highest BCUT2D eigenvalue weighted by Crippen LogP contribution is 2.31. The third-order valence-electron chi connectivity index (χ3n) is 2.93. The average molecular weight is 331 g/mol. The van der Waals surface area contributed by atoms with Crippen LogP contribution in [0, 0.1) is 11.3 Å². The topological polar surface area (TPSA) is 36.7 Å². The van der Waals surface area contributed by atoms with Crippen molar-refractivity contribution in [2.24, 2.45) is 0 Å². The molecule has 21 heavy (non-hydrogen) atoms. The summed E-state index contributed by atoms with van der Waals surface area (Å²) in [5, 5.41) is 11.0. The fourth-order valence-electron chi connectivity index (χ4n) is 1.92. The lowest BCUT2D eigenvalue weighted by molar-refractivity contribution is 1.43. The van der Waals surface area contributed by atoms with Crippen molar-refractivity contribution in [2.45, 2.75) is 0 Å². The van der Waals surface area contributed by atoms with Gasteiger partial charge in [-0.3, -0.25) is 0 Å². The Labute approximate surface area is 135 Å². The van der Waals surface area contributed by atoms with Crippen molar-refractivity contribution in [1.82, 2.24) is 4.98 Å². The van der Waals surface area contributed by atoms with E-state index in [1.807, 2.05) is 30.3 Å². The van der Waals surface area contributed by atoms with Crippen molar-refractivity contribution >= 4 is 56.4 Å². The fourth-order valence-corrected chi connectivity index (χ4v) is 3.21. The predicted molar refractivity (Wildman–Crippen MR) is 89.6 cm³/mol. The first-order valence-electron chi connectivity index (χ1n) is 6.11. The molecule has 0 spiro atoms. The zero-order chi connectivity index (χ0) is 14.8. The fraction of sp³-hybridized carbons (Fsp3) is 0. The van der Waals surface area contributed by atoms with Crippen LogP contribution < -0.4 is 0 Å². The molecule has 102 valence electrons. The van der Waals surface area contributed by atoms with Crippen LogP contribution in [0.2, 0.25) is 10.0 Å². The molecular formula is C16H8Cl2N2S. The third kappa shape index (κ3) is 2.79. The van der Waals surface area contributed by atoms with Crippen molar-refractivity contribution in [3.8, 4) is 6.07 Å². The van der Waals surface area contributed by atoms with Crippen molar-refractivity contribution in [3.05, 3.63) is 63.1 Å². The Kier molecular flexibility index (Phi) is 3.94. The molecule has 0 atom stereocenters. The van der Waals surface area contributed by atoms with Gasteiger partial charge < -0.3 is 0 Å². The molecule has 1 aromatic heterocycles. The number of allylic oxidation sites excluding steroid dienone is 1. The van der Waals surface area contributed by atoms with Gasteiger partial charge >= 0.3 is 0 Å². The minimum absolute atomic E-state index is 0.438. The van der Waals surface area contributed by atoms with Crippen molar-refractivity contribution in [2.75, 3.05) is 0 Å². The smallest absolute Gasteiger partial charge is 0.135 e. The third-order valence-corrected chi connectivity index (χ3v) is 4.83. The molecule has 2 nitrogen and oxygen atoms in total. The van der Waals surface area contributed by atoms with Crippen molar-refractivity contribution in [3.63, 3.8) is 0 Å². The number of para-hydroxylation sites is 1. The molecule has 0 aliphatic rings. The molecule has 0 amide bonds. The Bertz CT molecular complexity index is 858. The number of hydrogen-bond donors (Lipinski definition) is 0. The van der Waals surface area contributed by atoms with Crippen LogP contribution in [0.3, 0.4) is 0 Å². The zero-order valence-corrected chi connectivity index (χ0v) is 13.0. The molecule has 0 aliphatic heterocycles. The van der Waals surface area contributed by atoms with E-state index in [0.717, 1.165) is 10.2 Å². The summed E-state index contributed by atoms with van der Waals surface area (Å²) in [6, 6.07) is 15.3. The monoisotopic (exact) mass is 330 g/mol. The summed E-state index contributed by atoms with van der Waals surface area (Å²) in [6.07, 6.45) is 1.71. The van der Waals surface area contributed by atoms with E-state index < -0.39 is 0 Å². The Morgan fingerprint density at radius 2 is 1.95 bits per heavy atom. The maximum atomic E-state index is 9.40. The molecule has 0 fully saturated rings. The van der Waals surface area contributed by atoms with Gasteiger partial charge in [0, 0.05) is 0 Å². The molecule has 3 aromatic rings. The van der Waals surface area contributed by atoms with Gasteiger partial charge in [0.1, 0.15) is 11.1 Å². The second kappa shape index (κ2) is 5.87. The van der Waals surface area contributed by atoms with Gasteiger partial charge in [-0.2, -0.15) is 5.26 Å². The lowest BCUT2D eigenvalue weighted by Crippen LogP contribution is -1.82. The summed E-state index contributed by atoms with van der Waals surface area (Å²) >= 11 is 13.6. The van der Waals surface area contributed by atoms with E-state index in [4.69, 9.17) is 23.2 Å². The molecule has 5 heteroatoms. The predicted octanol–water partition coefficient (Wildman–Crippen LogP) is 5.67. The molecule has 1 heterocycles. The minimum Gasteiger partial charge on any atom is -0.235 e. The van der Waals surface area contributed by atoms with Gasteiger partial charge in [0.05, 0.1) is 25.8 Å². The Morgan fingerprint density at radius 1 is 1.14 bits per heavy atom. The molecule has 0 aliphatic carbocycles. The van der Waals surface area contributed by atoms with Gasteiger partial charge in [0.15, 0.2) is 0 Å². The first-order chi connectivity index (χ1) is 10.2. The van der Waals surface area contributed by atoms with E-state index in [9.17, 15) is 5.26 Å². The van der Waals surface area contributed by atoms with E-state index in [1.54, 1.807) is 18.2 Å². The molecule has 0 bridgehead atoms. The molecule has 0 radical (unpaired) electrons. The number of benzene rings is 2. The van der Waals surface area contributed by atoms with Gasteiger partial charge in [0.25, 0.3) is 0 Å². The van der Waals surface area contributed by atoms with E-state index in [2.05, 4.69) is 11.1 Å². The van der Waals surface area contributed by atoms with Gasteiger partial charge in [0.2, 0.25) is 0 Å². The Balaban J connectivity index is 2.11. The summed E-state index contributed by atoms with van der Waals surface area (Å²) in [5.74, 6) is 0. The van der Waals surface area contributed by atoms with Crippen LogP contribution in [0.1, 0.15) is 10.6 Å². The number of rotatable bonds is 2. The highest BCUT2D eigenvalue weighted by Gasteiger charge is 2.10. The van der Waals surface area contributed by atoms with Gasteiger partial charge in [-0.15, -0.1) is 11.3 Å². The van der Waals surface area contributed by atoms with E-state index in [0.29, 0.717) is 26.2 Å². The first-order valence-corrected chi connectivity index (χ1v) is 7.68. The van der Waals surface area contributed by atoms with Crippen LogP contribution in [0.15, 0.2) is 42.5 Å². The number of nitriles is 1. The largest absolute Gasteiger partial charge is 0.235 e. The Morgan fingerprint density at radius 3 is 2.71 bits per heavy atom. The lowest BCUT2D eigenvalue weighted by Gasteiger charge is -2.00. The number of aromatic nitrogens is 1. The minimum atomic E-state index is 0.438. The maximum Gasteiger partial charge on any atom is 0.135 e. The normalized spacial score (nSPS) is 11.6. The van der Waals surface area contributed by atoms with Crippen molar-refractivity contribution < 1.29 is 0 Å². The maximum absolute atomic E-state index is 9.40. The van der Waals surface area contributed by atoms with Crippen LogP contribution >= 0.6 is 34.5 Å². The number of halogens is 2. The summed E-state index contributed by atoms with van der Waals surface area (Å²) < 4.78 is 1.05. The summed E-state index contributed by atoms with van der Waals surface area (Å²) in [4.78, 5) is 4.48. The second-order valence-electron chi connectivity index (χ2n) is 4.30. The van der Waals surface area contributed by atoms with E-state index in [1.165, 1.54) is 11.3 Å². The SMILES string of the molecule is N#C/C(=C\c1cccc(Cl)c1Cl)c1nc2ccccc2s1. The summed E-state index contributed by atoms with van der Waals surface area (Å²) in [6.45, 7) is 0. The number of hydrogen-bond acceptors (Lipinski definition) is 3. The highest BCUT2D eigenvalue weighted by atomic mass is 35.5. The van der Waals surface area contributed by atoms with Crippen LogP contribution in [-0.4, -0.2) is 4.98 Å². The zero-order valence-electron chi connectivity index (χ0n) is 10.7. The van der Waals surface area contributed by atoms with Crippen LogP contribution in [0.25, 0.3) is 21.9 Å². The summed E-state index contributed by atoms with van der Waals surface area (Å²) in [5.41, 5.74) is 2.07. The molecule has 2 aromatic carbocycles. The van der Waals surface area contributed by atoms with E-state index in [-0.39, 0.29) is 0 Å². The standard InChI is InChI=1S/C16H8Cl2N2S/c17-12-5-3-4-10(15(12)18)8-11(9-19)16-20-13-6-1-2-7-14(13)21-16/h1-8H/b11-8+. The molecule has 3 rings (SSSR count). The van der Waals surface area contributed by atoms with Crippen molar-refractivity contribution in [1.29, 1.82) is 5.26 Å². The second-order valence-corrected chi connectivity index (χ2v) is 6.12. The molecule has 0 unspecified atom stereocenters. The molecule has 0 saturated carbocycles. The van der Waals surface area contributed by atoms with Gasteiger partial charge in [-0.05, 0) is 29.8 Å². The van der Waals surface area contributed by atoms with E-state index >= 15 is 0 Å². The average Bonchev–Trinajstić information content (AvgIpc) is 2.92. The van der Waals surface area contributed by atoms with Crippen LogP contribution in [-0.2, 0) is 0 Å². The van der Waals surface area contributed by atoms with Crippen LogP contribution in [0.5, 0.6) is 0 Å². The Hall–Kier alpha value is -1.86. The molecule has 0 N–H and O–H groups in total. The number of fused-ring (bicyclic) bond motifs is 1. The number of thiazole rings is 1. The number of nitrogens with zero attached hydrogens (tertiary/aromatic N) is 2. The molecular weight excluding hydrogens is 323 g/mol. The first kappa shape index (κ1) is 14.1. The summed E-state index contributed by atoms with van der Waals surface area (Å²) in [7, 11) is 0. The quantitative estimate of drug-likeness (QED) is 0.568. The van der Waals surface area contributed by atoms with Gasteiger partial charge in [-0.25, -0.2) is 4.98 Å². The van der Waals surface area contributed by atoms with Crippen LogP contribution in [0.4, 0.5) is 0 Å². The molecule has 0 saturated heterocycles. The highest BCUT2D eigenvalue weighted by molar-refractivity contribution is 7.19. The van der Waals surface area contributed by atoms with Gasteiger partial charge in [-0.1, -0.05) is 47.5 Å².